The minimum atomic E-state index is -0.835. The van der Waals surface area contributed by atoms with Crippen molar-refractivity contribution >= 4 is 5.97 Å². The lowest BCUT2D eigenvalue weighted by atomic mass is 10.2. The lowest BCUT2D eigenvalue weighted by Gasteiger charge is -2.09. The molecule has 0 unspecified atom stereocenters. The van der Waals surface area contributed by atoms with Crippen molar-refractivity contribution in [2.75, 3.05) is 6.61 Å². The van der Waals surface area contributed by atoms with E-state index in [2.05, 4.69) is 10.7 Å². The lowest BCUT2D eigenvalue weighted by Crippen LogP contribution is -2.37. The zero-order valence-corrected chi connectivity index (χ0v) is 8.26. The summed E-state index contributed by atoms with van der Waals surface area (Å²) in [6.45, 7) is 0.497. The average molecular weight is 210 g/mol. The normalized spacial score (nSPS) is 12.1. The van der Waals surface area contributed by atoms with E-state index in [0.717, 1.165) is 5.56 Å². The van der Waals surface area contributed by atoms with Gasteiger partial charge in [-0.2, -0.15) is 5.90 Å². The molecule has 0 saturated carbocycles. The van der Waals surface area contributed by atoms with E-state index >= 15 is 0 Å². The Morgan fingerprint density at radius 3 is 2.60 bits per heavy atom. The van der Waals surface area contributed by atoms with Gasteiger partial charge in [0.05, 0.1) is 13.2 Å². The van der Waals surface area contributed by atoms with E-state index in [1.165, 1.54) is 0 Å². The Morgan fingerprint density at radius 1 is 1.33 bits per heavy atom. The maximum atomic E-state index is 10.8. The molecule has 5 nitrogen and oxygen atoms in total. The highest BCUT2D eigenvalue weighted by Gasteiger charge is 2.13. The Labute approximate surface area is 87.9 Å². The molecule has 0 bridgehead atoms. The van der Waals surface area contributed by atoms with Crippen LogP contribution in [0, 0.1) is 0 Å². The van der Waals surface area contributed by atoms with Crippen molar-refractivity contribution in [2.24, 2.45) is 11.6 Å². The summed E-state index contributed by atoms with van der Waals surface area (Å²) in [5.41, 5.74) is 6.43. The van der Waals surface area contributed by atoms with Crippen LogP contribution in [-0.2, 0) is 21.0 Å². The Morgan fingerprint density at radius 2 is 2.00 bits per heavy atom. The number of hydrogen-bond donors (Lipinski definition) is 2. The molecule has 0 spiro atoms. The van der Waals surface area contributed by atoms with E-state index in [1.54, 1.807) is 0 Å². The summed E-state index contributed by atoms with van der Waals surface area (Å²) in [6, 6.07) is 8.75. The van der Waals surface area contributed by atoms with Crippen molar-refractivity contribution in [1.29, 1.82) is 0 Å². The van der Waals surface area contributed by atoms with Gasteiger partial charge in [0.1, 0.15) is 6.04 Å². The molecular weight excluding hydrogens is 196 g/mol. The molecule has 0 aliphatic carbocycles. The standard InChI is InChI=1S/C10H14N2O3/c11-9(10(13)15-12)7-14-6-8-4-2-1-3-5-8/h1-5,9H,6-7,11-12H2/t9-/m0/s1. The molecule has 1 aromatic rings. The smallest absolute Gasteiger partial charge is 0.343 e. The van der Waals surface area contributed by atoms with E-state index < -0.39 is 12.0 Å². The number of nitrogens with two attached hydrogens (primary N) is 2. The second-order valence-corrected chi connectivity index (χ2v) is 3.04. The summed E-state index contributed by atoms with van der Waals surface area (Å²) in [6.07, 6.45) is 0. The zero-order chi connectivity index (χ0) is 11.1. The molecule has 0 aromatic heterocycles. The Kier molecular flexibility index (Phi) is 4.76. The number of carbonyl (C=O) groups is 1. The number of carbonyl (C=O) groups excluding carboxylic acids is 1. The number of rotatable bonds is 5. The molecule has 0 aliphatic rings. The predicted molar refractivity (Wildman–Crippen MR) is 54.4 cm³/mol. The Hall–Kier alpha value is -1.43. The molecule has 15 heavy (non-hydrogen) atoms. The molecule has 1 atom stereocenters. The minimum absolute atomic E-state index is 0.0882. The van der Waals surface area contributed by atoms with Crippen LogP contribution in [0.25, 0.3) is 0 Å². The minimum Gasteiger partial charge on any atom is -0.375 e. The Balaban J connectivity index is 2.25. The quantitative estimate of drug-likeness (QED) is 0.665. The van der Waals surface area contributed by atoms with E-state index in [-0.39, 0.29) is 6.61 Å². The van der Waals surface area contributed by atoms with E-state index in [0.29, 0.717) is 6.61 Å². The number of hydrogen-bond acceptors (Lipinski definition) is 5. The van der Waals surface area contributed by atoms with Crippen LogP contribution >= 0.6 is 0 Å². The predicted octanol–water partition coefficient (Wildman–Crippen LogP) is -0.0526. The van der Waals surface area contributed by atoms with Crippen molar-refractivity contribution in [3.8, 4) is 0 Å². The van der Waals surface area contributed by atoms with Gasteiger partial charge in [-0.15, -0.1) is 0 Å². The van der Waals surface area contributed by atoms with Gasteiger partial charge < -0.3 is 15.3 Å². The monoisotopic (exact) mass is 210 g/mol. The SMILES string of the molecule is NOC(=O)[C@@H](N)COCc1ccccc1. The third kappa shape index (κ3) is 4.07. The van der Waals surface area contributed by atoms with Gasteiger partial charge in [-0.1, -0.05) is 30.3 Å². The molecule has 0 amide bonds. The maximum Gasteiger partial charge on any atom is 0.343 e. The van der Waals surface area contributed by atoms with Crippen LogP contribution in [0.4, 0.5) is 0 Å². The van der Waals surface area contributed by atoms with E-state index in [9.17, 15) is 4.79 Å². The summed E-state index contributed by atoms with van der Waals surface area (Å²) in [7, 11) is 0. The first kappa shape index (κ1) is 11.6. The highest BCUT2D eigenvalue weighted by atomic mass is 16.7. The molecule has 4 N–H and O–H groups in total. The Bertz CT molecular complexity index is 303. The molecular formula is C10H14N2O3. The first-order valence-electron chi connectivity index (χ1n) is 4.52. The lowest BCUT2D eigenvalue weighted by molar-refractivity contribution is -0.147. The first-order valence-corrected chi connectivity index (χ1v) is 4.52. The third-order valence-electron chi connectivity index (χ3n) is 1.83. The first-order chi connectivity index (χ1) is 7.24. The van der Waals surface area contributed by atoms with Crippen LogP contribution < -0.4 is 11.6 Å². The topological polar surface area (TPSA) is 87.6 Å². The van der Waals surface area contributed by atoms with Crippen LogP contribution in [0.2, 0.25) is 0 Å². The zero-order valence-electron chi connectivity index (χ0n) is 8.26. The van der Waals surface area contributed by atoms with Gasteiger partial charge >= 0.3 is 5.97 Å². The van der Waals surface area contributed by atoms with Crippen molar-refractivity contribution in [3.63, 3.8) is 0 Å². The molecule has 0 heterocycles. The summed E-state index contributed by atoms with van der Waals surface area (Å²) < 4.78 is 5.22. The van der Waals surface area contributed by atoms with Crippen LogP contribution in [-0.4, -0.2) is 18.6 Å². The van der Waals surface area contributed by atoms with Crippen LogP contribution in [0.3, 0.4) is 0 Å². The second kappa shape index (κ2) is 6.13. The fourth-order valence-corrected chi connectivity index (χ4v) is 1.03. The van der Waals surface area contributed by atoms with Crippen molar-refractivity contribution in [2.45, 2.75) is 12.6 Å². The van der Waals surface area contributed by atoms with Gasteiger partial charge in [-0.25, -0.2) is 4.79 Å². The van der Waals surface area contributed by atoms with E-state index in [4.69, 9.17) is 10.5 Å². The fourth-order valence-electron chi connectivity index (χ4n) is 1.03. The molecule has 0 aliphatic heterocycles. The molecule has 0 radical (unpaired) electrons. The highest BCUT2D eigenvalue weighted by molar-refractivity contribution is 5.75. The van der Waals surface area contributed by atoms with Gasteiger partial charge in [0.15, 0.2) is 0 Å². The summed E-state index contributed by atoms with van der Waals surface area (Å²) in [4.78, 5) is 14.8. The average Bonchev–Trinajstić information content (AvgIpc) is 2.29. The van der Waals surface area contributed by atoms with Gasteiger partial charge in [-0.3, -0.25) is 0 Å². The molecule has 1 rings (SSSR count). The molecule has 82 valence electrons. The van der Waals surface area contributed by atoms with Crippen LogP contribution in [0.1, 0.15) is 5.56 Å². The van der Waals surface area contributed by atoms with E-state index in [1.807, 2.05) is 30.3 Å². The maximum absolute atomic E-state index is 10.8. The van der Waals surface area contributed by atoms with Gasteiger partial charge in [0, 0.05) is 0 Å². The van der Waals surface area contributed by atoms with Crippen LogP contribution in [0.15, 0.2) is 30.3 Å². The fraction of sp³-hybridized carbons (Fsp3) is 0.300. The van der Waals surface area contributed by atoms with Crippen molar-refractivity contribution in [1.82, 2.24) is 0 Å². The second-order valence-electron chi connectivity index (χ2n) is 3.04. The number of ether oxygens (including phenoxy) is 1. The van der Waals surface area contributed by atoms with Crippen LogP contribution in [0.5, 0.6) is 0 Å². The molecule has 5 heteroatoms. The largest absolute Gasteiger partial charge is 0.375 e. The summed E-state index contributed by atoms with van der Waals surface area (Å²) in [5.74, 6) is 3.99. The van der Waals surface area contributed by atoms with Gasteiger partial charge in [-0.05, 0) is 5.56 Å². The van der Waals surface area contributed by atoms with Crippen molar-refractivity contribution in [3.05, 3.63) is 35.9 Å². The van der Waals surface area contributed by atoms with Crippen molar-refractivity contribution < 1.29 is 14.4 Å². The molecule has 1 aromatic carbocycles. The van der Waals surface area contributed by atoms with Gasteiger partial charge in [0.25, 0.3) is 0 Å². The highest BCUT2D eigenvalue weighted by Crippen LogP contribution is 2.00. The summed E-state index contributed by atoms with van der Waals surface area (Å²) in [5, 5.41) is 0. The van der Waals surface area contributed by atoms with Gasteiger partial charge in [0.2, 0.25) is 0 Å². The molecule has 0 fully saturated rings. The number of benzene rings is 1. The summed E-state index contributed by atoms with van der Waals surface area (Å²) >= 11 is 0. The molecule has 0 saturated heterocycles. The third-order valence-corrected chi connectivity index (χ3v) is 1.83.